The van der Waals surface area contributed by atoms with Crippen molar-refractivity contribution in [1.82, 2.24) is 0 Å². The lowest BCUT2D eigenvalue weighted by Crippen LogP contribution is -2.52. The van der Waals surface area contributed by atoms with Crippen molar-refractivity contribution in [3.63, 3.8) is 0 Å². The van der Waals surface area contributed by atoms with Gasteiger partial charge in [0.2, 0.25) is 0 Å². The van der Waals surface area contributed by atoms with Gasteiger partial charge >= 0.3 is 0 Å². The van der Waals surface area contributed by atoms with Gasteiger partial charge in [0, 0.05) is 15.4 Å². The summed E-state index contributed by atoms with van der Waals surface area (Å²) in [4.78, 5) is 0. The molecule has 0 heterocycles. The van der Waals surface area contributed by atoms with Gasteiger partial charge in [-0.25, -0.2) is 0 Å². The van der Waals surface area contributed by atoms with Crippen LogP contribution in [0.5, 0.6) is 0 Å². The quantitative estimate of drug-likeness (QED) is 0.872. The Morgan fingerprint density at radius 2 is 1.87 bits per heavy atom. The number of halogens is 1. The van der Waals surface area contributed by atoms with Crippen LogP contribution >= 0.6 is 15.9 Å². The van der Waals surface area contributed by atoms with E-state index < -0.39 is 0 Å². The van der Waals surface area contributed by atoms with E-state index >= 15 is 0 Å². The average Bonchev–Trinajstić information content (AvgIpc) is 2.82. The maximum absolute atomic E-state index is 6.45. The Labute approximate surface area is 99.2 Å². The molecule has 0 atom stereocenters. The second-order valence-electron chi connectivity index (χ2n) is 5.10. The summed E-state index contributed by atoms with van der Waals surface area (Å²) in [5.41, 5.74) is 8.32. The molecule has 0 bridgehead atoms. The van der Waals surface area contributed by atoms with Gasteiger partial charge < -0.3 is 5.73 Å². The number of rotatable bonds is 2. The van der Waals surface area contributed by atoms with Gasteiger partial charge in [-0.2, -0.15) is 0 Å². The van der Waals surface area contributed by atoms with Crippen LogP contribution in [-0.2, 0) is 5.41 Å². The third-order valence-electron chi connectivity index (χ3n) is 4.33. The SMILES string of the molecule is NC1(C2(c3cccc(Br)c3)CCC2)CC1. The molecule has 80 valence electrons. The third kappa shape index (κ3) is 1.31. The molecular formula is C13H16BrN. The van der Waals surface area contributed by atoms with Gasteiger partial charge in [0.15, 0.2) is 0 Å². The van der Waals surface area contributed by atoms with Crippen molar-refractivity contribution in [2.75, 3.05) is 0 Å². The van der Waals surface area contributed by atoms with Gasteiger partial charge in [-0.15, -0.1) is 0 Å². The van der Waals surface area contributed by atoms with E-state index in [0.29, 0.717) is 5.41 Å². The van der Waals surface area contributed by atoms with E-state index in [1.807, 2.05) is 0 Å². The third-order valence-corrected chi connectivity index (χ3v) is 4.82. The number of hydrogen-bond donors (Lipinski definition) is 1. The molecule has 3 rings (SSSR count). The topological polar surface area (TPSA) is 26.0 Å². The standard InChI is InChI=1S/C13H16BrN/c14-11-4-1-3-10(9-11)12(5-2-6-12)13(15)7-8-13/h1,3-4,9H,2,5-8,15H2. The van der Waals surface area contributed by atoms with E-state index in [9.17, 15) is 0 Å². The van der Waals surface area contributed by atoms with Crippen LogP contribution in [-0.4, -0.2) is 5.54 Å². The Bertz CT molecular complexity index is 391. The van der Waals surface area contributed by atoms with Gasteiger partial charge in [0.1, 0.15) is 0 Å². The molecule has 0 aliphatic heterocycles. The summed E-state index contributed by atoms with van der Waals surface area (Å²) in [7, 11) is 0. The van der Waals surface area contributed by atoms with Crippen LogP contribution in [0.1, 0.15) is 37.7 Å². The largest absolute Gasteiger partial charge is 0.324 e. The smallest absolute Gasteiger partial charge is 0.0253 e. The minimum Gasteiger partial charge on any atom is -0.324 e. The fourth-order valence-electron chi connectivity index (χ4n) is 3.00. The highest BCUT2D eigenvalue weighted by molar-refractivity contribution is 9.10. The zero-order chi connectivity index (χ0) is 10.5. The fourth-order valence-corrected chi connectivity index (χ4v) is 3.40. The molecule has 2 heteroatoms. The highest BCUT2D eigenvalue weighted by Gasteiger charge is 2.59. The van der Waals surface area contributed by atoms with Crippen LogP contribution in [0.4, 0.5) is 0 Å². The number of nitrogens with two attached hydrogens (primary N) is 1. The molecule has 1 aromatic carbocycles. The van der Waals surface area contributed by atoms with Gasteiger partial charge in [-0.05, 0) is 43.4 Å². The van der Waals surface area contributed by atoms with Crippen LogP contribution in [0.15, 0.2) is 28.7 Å². The predicted octanol–water partition coefficient (Wildman–Crippen LogP) is 3.36. The van der Waals surface area contributed by atoms with Gasteiger partial charge in [0.05, 0.1) is 0 Å². The summed E-state index contributed by atoms with van der Waals surface area (Å²) in [5, 5.41) is 0. The Kier molecular flexibility index (Phi) is 2.02. The van der Waals surface area contributed by atoms with E-state index in [4.69, 9.17) is 5.73 Å². The minimum atomic E-state index is 0.117. The lowest BCUT2D eigenvalue weighted by Gasteiger charge is -2.48. The van der Waals surface area contributed by atoms with Crippen molar-refractivity contribution >= 4 is 15.9 Å². The molecule has 0 spiro atoms. The first-order chi connectivity index (χ1) is 7.16. The highest BCUT2D eigenvalue weighted by Crippen LogP contribution is 2.59. The lowest BCUT2D eigenvalue weighted by molar-refractivity contribution is 0.181. The van der Waals surface area contributed by atoms with Crippen LogP contribution in [0.2, 0.25) is 0 Å². The molecule has 1 nitrogen and oxygen atoms in total. The molecule has 2 saturated carbocycles. The van der Waals surface area contributed by atoms with Gasteiger partial charge in [-0.1, -0.05) is 34.5 Å². The molecule has 0 radical (unpaired) electrons. The van der Waals surface area contributed by atoms with Gasteiger partial charge in [-0.3, -0.25) is 0 Å². The lowest BCUT2D eigenvalue weighted by atomic mass is 9.59. The summed E-state index contributed by atoms with van der Waals surface area (Å²) < 4.78 is 1.18. The first kappa shape index (κ1) is 9.86. The molecule has 15 heavy (non-hydrogen) atoms. The van der Waals surface area contributed by atoms with E-state index in [-0.39, 0.29) is 5.54 Å². The summed E-state index contributed by atoms with van der Waals surface area (Å²) in [6.07, 6.45) is 6.31. The summed E-state index contributed by atoms with van der Waals surface area (Å²) in [6, 6.07) is 8.72. The first-order valence-electron chi connectivity index (χ1n) is 5.71. The summed E-state index contributed by atoms with van der Waals surface area (Å²) in [5.74, 6) is 0. The van der Waals surface area contributed by atoms with E-state index in [1.54, 1.807) is 0 Å². The van der Waals surface area contributed by atoms with Crippen molar-refractivity contribution in [2.24, 2.45) is 5.73 Å². The normalized spacial score (nSPS) is 25.7. The van der Waals surface area contributed by atoms with Crippen molar-refractivity contribution in [1.29, 1.82) is 0 Å². The summed E-state index contributed by atoms with van der Waals surface area (Å²) in [6.45, 7) is 0. The van der Waals surface area contributed by atoms with Crippen molar-refractivity contribution < 1.29 is 0 Å². The van der Waals surface area contributed by atoms with Gasteiger partial charge in [0.25, 0.3) is 0 Å². The highest BCUT2D eigenvalue weighted by atomic mass is 79.9. The number of benzene rings is 1. The minimum absolute atomic E-state index is 0.117. The molecule has 0 unspecified atom stereocenters. The molecular weight excluding hydrogens is 250 g/mol. The zero-order valence-corrected chi connectivity index (χ0v) is 10.4. The molecule has 0 saturated heterocycles. The molecule has 0 amide bonds. The Balaban J connectivity index is 2.03. The van der Waals surface area contributed by atoms with Crippen molar-refractivity contribution in [3.8, 4) is 0 Å². The van der Waals surface area contributed by atoms with Crippen LogP contribution in [0.25, 0.3) is 0 Å². The maximum atomic E-state index is 6.45. The van der Waals surface area contributed by atoms with Crippen LogP contribution < -0.4 is 5.73 Å². The van der Waals surface area contributed by atoms with Crippen molar-refractivity contribution in [2.45, 2.75) is 43.1 Å². The molecule has 0 aromatic heterocycles. The Morgan fingerprint density at radius 1 is 1.13 bits per heavy atom. The molecule has 2 aliphatic carbocycles. The van der Waals surface area contributed by atoms with E-state index in [2.05, 4.69) is 40.2 Å². The number of hydrogen-bond acceptors (Lipinski definition) is 1. The Morgan fingerprint density at radius 3 is 2.33 bits per heavy atom. The molecule has 2 fully saturated rings. The predicted molar refractivity (Wildman–Crippen MR) is 65.8 cm³/mol. The van der Waals surface area contributed by atoms with E-state index in [1.165, 1.54) is 42.1 Å². The maximum Gasteiger partial charge on any atom is 0.0253 e. The Hall–Kier alpha value is -0.340. The first-order valence-corrected chi connectivity index (χ1v) is 6.51. The molecule has 2 N–H and O–H groups in total. The van der Waals surface area contributed by atoms with Crippen LogP contribution in [0, 0.1) is 0 Å². The fraction of sp³-hybridized carbons (Fsp3) is 0.538. The zero-order valence-electron chi connectivity index (χ0n) is 8.80. The molecule has 1 aromatic rings. The monoisotopic (exact) mass is 265 g/mol. The summed E-state index contributed by atoms with van der Waals surface area (Å²) >= 11 is 3.55. The molecule has 2 aliphatic rings. The second kappa shape index (κ2) is 3.08. The second-order valence-corrected chi connectivity index (χ2v) is 6.02. The van der Waals surface area contributed by atoms with E-state index in [0.717, 1.165) is 0 Å². The van der Waals surface area contributed by atoms with Crippen LogP contribution in [0.3, 0.4) is 0 Å². The van der Waals surface area contributed by atoms with Crippen molar-refractivity contribution in [3.05, 3.63) is 34.3 Å². The average molecular weight is 266 g/mol.